The van der Waals surface area contributed by atoms with Crippen LogP contribution in [0.25, 0.3) is 0 Å². The fourth-order valence-corrected chi connectivity index (χ4v) is 1.93. The minimum absolute atomic E-state index is 0.0746. The molecular weight excluding hydrogens is 250 g/mol. The number of rotatable bonds is 6. The van der Waals surface area contributed by atoms with Crippen LogP contribution < -0.4 is 10.6 Å². The van der Waals surface area contributed by atoms with Crippen LogP contribution in [-0.2, 0) is 0 Å². The smallest absolute Gasteiger partial charge is 0.270 e. The van der Waals surface area contributed by atoms with E-state index in [9.17, 15) is 9.90 Å². The Morgan fingerprint density at radius 3 is 2.83 bits per heavy atom. The molecule has 0 radical (unpaired) electrons. The molecule has 0 spiro atoms. The summed E-state index contributed by atoms with van der Waals surface area (Å²) in [6, 6.07) is 0. The van der Waals surface area contributed by atoms with Crippen molar-refractivity contribution in [1.82, 2.24) is 10.3 Å². The average molecular weight is 271 g/mol. The van der Waals surface area contributed by atoms with Gasteiger partial charge in [-0.25, -0.2) is 4.98 Å². The van der Waals surface area contributed by atoms with Gasteiger partial charge in [0, 0.05) is 18.5 Å². The van der Waals surface area contributed by atoms with Crippen LogP contribution in [-0.4, -0.2) is 34.7 Å². The second-order valence-electron chi connectivity index (χ2n) is 4.76. The lowest BCUT2D eigenvalue weighted by Gasteiger charge is -2.27. The van der Waals surface area contributed by atoms with Gasteiger partial charge in [0.05, 0.1) is 5.60 Å². The fourth-order valence-electron chi connectivity index (χ4n) is 1.16. The molecule has 0 aromatic carbocycles. The molecule has 0 saturated heterocycles. The van der Waals surface area contributed by atoms with Crippen LogP contribution in [0.5, 0.6) is 0 Å². The third-order valence-corrected chi connectivity index (χ3v) is 3.72. The summed E-state index contributed by atoms with van der Waals surface area (Å²) in [5.74, 6) is -0.179. The molecule has 5 nitrogen and oxygen atoms in total. The maximum Gasteiger partial charge on any atom is 0.270 e. The molecule has 0 fully saturated rings. The van der Waals surface area contributed by atoms with Gasteiger partial charge < -0.3 is 15.7 Å². The van der Waals surface area contributed by atoms with Gasteiger partial charge in [-0.1, -0.05) is 13.8 Å². The monoisotopic (exact) mass is 271 g/mol. The number of anilines is 1. The number of aliphatic hydroxyl groups is 1. The van der Waals surface area contributed by atoms with Gasteiger partial charge in [-0.3, -0.25) is 4.79 Å². The number of nitrogens with zero attached hydrogens (tertiary/aromatic N) is 1. The molecule has 1 unspecified atom stereocenters. The number of carbonyl (C=O) groups is 1. The van der Waals surface area contributed by atoms with Gasteiger partial charge in [-0.2, -0.15) is 0 Å². The molecule has 0 bridgehead atoms. The summed E-state index contributed by atoms with van der Waals surface area (Å²) in [7, 11) is 0. The van der Waals surface area contributed by atoms with E-state index < -0.39 is 5.60 Å². The van der Waals surface area contributed by atoms with Gasteiger partial charge in [0.25, 0.3) is 5.91 Å². The molecule has 0 aliphatic rings. The number of nitrogens with one attached hydrogen (secondary N) is 2. The standard InChI is InChI=1S/C12H21N3O2S/c1-5-13-11-15-9(6-18-11)10(16)14-7-12(4,17)8(2)3/h6,8,17H,5,7H2,1-4H3,(H,13,15)(H,14,16). The van der Waals surface area contributed by atoms with Crippen molar-refractivity contribution < 1.29 is 9.90 Å². The third kappa shape index (κ3) is 3.96. The van der Waals surface area contributed by atoms with E-state index in [0.717, 1.165) is 11.7 Å². The lowest BCUT2D eigenvalue weighted by atomic mass is 9.92. The number of amides is 1. The SMILES string of the molecule is CCNc1nc(C(=O)NCC(C)(O)C(C)C)cs1. The van der Waals surface area contributed by atoms with Crippen molar-refractivity contribution in [2.24, 2.45) is 5.92 Å². The van der Waals surface area contributed by atoms with E-state index in [1.54, 1.807) is 12.3 Å². The average Bonchev–Trinajstić information content (AvgIpc) is 2.75. The van der Waals surface area contributed by atoms with Crippen molar-refractivity contribution in [3.8, 4) is 0 Å². The Hall–Kier alpha value is -1.14. The summed E-state index contributed by atoms with van der Waals surface area (Å²) < 4.78 is 0. The van der Waals surface area contributed by atoms with Crippen LogP contribution in [0.15, 0.2) is 5.38 Å². The van der Waals surface area contributed by atoms with Gasteiger partial charge in [-0.05, 0) is 19.8 Å². The first-order valence-electron chi connectivity index (χ1n) is 6.06. The molecule has 1 atom stereocenters. The van der Waals surface area contributed by atoms with Gasteiger partial charge >= 0.3 is 0 Å². The molecule has 1 aromatic heterocycles. The summed E-state index contributed by atoms with van der Waals surface area (Å²) in [5.41, 5.74) is -0.522. The van der Waals surface area contributed by atoms with E-state index in [0.29, 0.717) is 5.69 Å². The zero-order chi connectivity index (χ0) is 13.8. The van der Waals surface area contributed by atoms with Gasteiger partial charge in [0.1, 0.15) is 5.69 Å². The van der Waals surface area contributed by atoms with Gasteiger partial charge in [0.15, 0.2) is 5.13 Å². The second kappa shape index (κ2) is 6.15. The highest BCUT2D eigenvalue weighted by Crippen LogP contribution is 2.16. The lowest BCUT2D eigenvalue weighted by molar-refractivity contribution is 0.0142. The minimum atomic E-state index is -0.907. The Balaban J connectivity index is 2.55. The lowest BCUT2D eigenvalue weighted by Crippen LogP contribution is -2.44. The third-order valence-electron chi connectivity index (χ3n) is 2.92. The molecule has 1 rings (SSSR count). The van der Waals surface area contributed by atoms with Crippen molar-refractivity contribution in [2.45, 2.75) is 33.3 Å². The molecule has 1 aromatic rings. The van der Waals surface area contributed by atoms with Gasteiger partial charge in [0.2, 0.25) is 0 Å². The number of aromatic nitrogens is 1. The first kappa shape index (κ1) is 14.9. The first-order valence-corrected chi connectivity index (χ1v) is 6.94. The fraction of sp³-hybridized carbons (Fsp3) is 0.667. The minimum Gasteiger partial charge on any atom is -0.388 e. The van der Waals surface area contributed by atoms with Crippen LogP contribution >= 0.6 is 11.3 Å². The maximum atomic E-state index is 11.8. The van der Waals surface area contributed by atoms with Crippen LogP contribution in [0.1, 0.15) is 38.2 Å². The van der Waals surface area contributed by atoms with Crippen molar-refractivity contribution in [1.29, 1.82) is 0 Å². The van der Waals surface area contributed by atoms with Crippen LogP contribution in [0.4, 0.5) is 5.13 Å². The quantitative estimate of drug-likeness (QED) is 0.736. The van der Waals surface area contributed by atoms with Crippen molar-refractivity contribution in [3.05, 3.63) is 11.1 Å². The topological polar surface area (TPSA) is 74.2 Å². The number of thiazole rings is 1. The van der Waals surface area contributed by atoms with Crippen LogP contribution in [0.2, 0.25) is 0 Å². The Labute approximate surface area is 112 Å². The summed E-state index contributed by atoms with van der Waals surface area (Å²) in [5, 5.41) is 18.2. The predicted molar refractivity (Wildman–Crippen MR) is 74.1 cm³/mol. The van der Waals surface area contributed by atoms with Crippen molar-refractivity contribution in [2.75, 3.05) is 18.4 Å². The Bertz CT molecular complexity index is 402. The maximum absolute atomic E-state index is 11.8. The van der Waals surface area contributed by atoms with E-state index in [4.69, 9.17) is 0 Å². The first-order chi connectivity index (χ1) is 8.36. The Morgan fingerprint density at radius 2 is 2.28 bits per heavy atom. The summed E-state index contributed by atoms with van der Waals surface area (Å²) >= 11 is 1.40. The molecule has 18 heavy (non-hydrogen) atoms. The molecule has 0 saturated carbocycles. The van der Waals surface area contributed by atoms with Crippen molar-refractivity contribution >= 4 is 22.4 Å². The van der Waals surface area contributed by atoms with Crippen LogP contribution in [0, 0.1) is 5.92 Å². The molecule has 0 aliphatic heterocycles. The van der Waals surface area contributed by atoms with Crippen molar-refractivity contribution in [3.63, 3.8) is 0 Å². The molecule has 6 heteroatoms. The number of hydrogen-bond donors (Lipinski definition) is 3. The normalized spacial score (nSPS) is 14.3. The molecule has 3 N–H and O–H groups in total. The zero-order valence-electron chi connectivity index (χ0n) is 11.3. The molecule has 102 valence electrons. The number of carbonyl (C=O) groups excluding carboxylic acids is 1. The van der Waals surface area contributed by atoms with Gasteiger partial charge in [-0.15, -0.1) is 11.3 Å². The van der Waals surface area contributed by atoms with E-state index in [2.05, 4.69) is 15.6 Å². The highest BCUT2D eigenvalue weighted by Gasteiger charge is 2.25. The predicted octanol–water partition coefficient (Wildman–Crippen LogP) is 1.71. The summed E-state index contributed by atoms with van der Waals surface area (Å²) in [6.45, 7) is 8.51. The molecular formula is C12H21N3O2S. The summed E-state index contributed by atoms with van der Waals surface area (Å²) in [4.78, 5) is 16.0. The Morgan fingerprint density at radius 1 is 1.61 bits per heavy atom. The zero-order valence-corrected chi connectivity index (χ0v) is 12.1. The summed E-state index contributed by atoms with van der Waals surface area (Å²) in [6.07, 6.45) is 0. The number of hydrogen-bond acceptors (Lipinski definition) is 5. The van der Waals surface area contributed by atoms with E-state index in [1.165, 1.54) is 11.3 Å². The highest BCUT2D eigenvalue weighted by atomic mass is 32.1. The van der Waals surface area contributed by atoms with E-state index in [-0.39, 0.29) is 18.4 Å². The second-order valence-corrected chi connectivity index (χ2v) is 5.62. The molecule has 0 aliphatic carbocycles. The van der Waals surface area contributed by atoms with Crippen LogP contribution in [0.3, 0.4) is 0 Å². The van der Waals surface area contributed by atoms with E-state index in [1.807, 2.05) is 20.8 Å². The highest BCUT2D eigenvalue weighted by molar-refractivity contribution is 7.13. The largest absolute Gasteiger partial charge is 0.388 e. The Kier molecular flexibility index (Phi) is 5.10. The van der Waals surface area contributed by atoms with E-state index >= 15 is 0 Å². The molecule has 1 heterocycles. The molecule has 1 amide bonds.